The maximum Gasteiger partial charge on any atom is 0.106 e. The minimum Gasteiger partial charge on any atom is -0.315 e. The molecule has 1 aliphatic carbocycles. The normalized spacial score (nSPS) is 20.7. The van der Waals surface area contributed by atoms with Crippen molar-refractivity contribution in [1.82, 2.24) is 4.90 Å². The van der Waals surface area contributed by atoms with Gasteiger partial charge in [0.2, 0.25) is 0 Å². The molecule has 1 aliphatic rings. The minimum atomic E-state index is -0.330. The van der Waals surface area contributed by atoms with E-state index in [1.807, 2.05) is 0 Å². The molecule has 1 saturated carbocycles. The van der Waals surface area contributed by atoms with E-state index in [9.17, 15) is 0 Å². The van der Waals surface area contributed by atoms with Crippen molar-refractivity contribution in [3.05, 3.63) is 0 Å². The number of nitrogens with two attached hydrogens (primary N) is 1. The molecular weight excluding hydrogens is 174 g/mol. The second kappa shape index (κ2) is 6.00. The summed E-state index contributed by atoms with van der Waals surface area (Å²) in [6.45, 7) is 1.81. The van der Waals surface area contributed by atoms with Gasteiger partial charge in [0.25, 0.3) is 0 Å². The van der Waals surface area contributed by atoms with Crippen molar-refractivity contribution in [3.8, 4) is 6.07 Å². The van der Waals surface area contributed by atoms with E-state index in [4.69, 9.17) is 11.0 Å². The molecule has 2 N–H and O–H groups in total. The molecule has 80 valence electrons. The number of hydrogen-bond donors (Lipinski definition) is 1. The monoisotopic (exact) mass is 195 g/mol. The van der Waals surface area contributed by atoms with Gasteiger partial charge in [-0.25, -0.2) is 0 Å². The summed E-state index contributed by atoms with van der Waals surface area (Å²) in [4.78, 5) is 2.20. The molecule has 3 nitrogen and oxygen atoms in total. The Kier molecular flexibility index (Phi) is 4.92. The van der Waals surface area contributed by atoms with Crippen molar-refractivity contribution in [2.75, 3.05) is 20.1 Å². The van der Waals surface area contributed by atoms with Gasteiger partial charge in [-0.2, -0.15) is 5.26 Å². The third kappa shape index (κ3) is 4.08. The largest absolute Gasteiger partial charge is 0.315 e. The molecule has 0 heterocycles. The van der Waals surface area contributed by atoms with E-state index >= 15 is 0 Å². The number of nitriles is 1. The first-order chi connectivity index (χ1) is 6.72. The van der Waals surface area contributed by atoms with Gasteiger partial charge in [-0.15, -0.1) is 0 Å². The minimum absolute atomic E-state index is 0.330. The van der Waals surface area contributed by atoms with Crippen molar-refractivity contribution in [2.45, 2.75) is 38.1 Å². The Morgan fingerprint density at radius 2 is 2.07 bits per heavy atom. The summed E-state index contributed by atoms with van der Waals surface area (Å²) in [5.41, 5.74) is 5.58. The highest BCUT2D eigenvalue weighted by atomic mass is 15.1. The molecule has 0 aromatic heterocycles. The van der Waals surface area contributed by atoms with Crippen LogP contribution >= 0.6 is 0 Å². The molecule has 1 atom stereocenters. The Morgan fingerprint density at radius 1 is 1.43 bits per heavy atom. The first-order valence-corrected chi connectivity index (χ1v) is 5.56. The lowest BCUT2D eigenvalue weighted by molar-refractivity contribution is 0.231. The lowest BCUT2D eigenvalue weighted by Gasteiger charge is -2.27. The van der Waals surface area contributed by atoms with E-state index in [1.54, 1.807) is 0 Å². The average molecular weight is 195 g/mol. The van der Waals surface area contributed by atoms with Crippen LogP contribution in [0.4, 0.5) is 0 Å². The molecule has 1 fully saturated rings. The van der Waals surface area contributed by atoms with Gasteiger partial charge in [-0.05, 0) is 25.8 Å². The summed E-state index contributed by atoms with van der Waals surface area (Å²) >= 11 is 0. The first kappa shape index (κ1) is 11.5. The fourth-order valence-electron chi connectivity index (χ4n) is 2.26. The van der Waals surface area contributed by atoms with Crippen LogP contribution in [0.1, 0.15) is 32.1 Å². The average Bonchev–Trinajstić information content (AvgIpc) is 2.19. The van der Waals surface area contributed by atoms with E-state index in [1.165, 1.54) is 32.1 Å². The van der Waals surface area contributed by atoms with Crippen LogP contribution in [0.2, 0.25) is 0 Å². The van der Waals surface area contributed by atoms with Crippen LogP contribution in [0.3, 0.4) is 0 Å². The number of hydrogen-bond acceptors (Lipinski definition) is 3. The molecule has 0 aromatic rings. The molecule has 0 amide bonds. The summed E-state index contributed by atoms with van der Waals surface area (Å²) < 4.78 is 0. The molecule has 0 bridgehead atoms. The van der Waals surface area contributed by atoms with E-state index in [2.05, 4.69) is 18.0 Å². The molecule has 0 saturated heterocycles. The van der Waals surface area contributed by atoms with Crippen LogP contribution in [0.25, 0.3) is 0 Å². The Morgan fingerprint density at radius 3 is 2.64 bits per heavy atom. The van der Waals surface area contributed by atoms with E-state index in [0.29, 0.717) is 6.54 Å². The topological polar surface area (TPSA) is 53.0 Å². The summed E-state index contributed by atoms with van der Waals surface area (Å²) in [6.07, 6.45) is 6.86. The Balaban J connectivity index is 2.18. The molecule has 0 aliphatic heterocycles. The highest BCUT2D eigenvalue weighted by Gasteiger charge is 2.16. The predicted molar refractivity (Wildman–Crippen MR) is 57.7 cm³/mol. The first-order valence-electron chi connectivity index (χ1n) is 5.56. The maximum absolute atomic E-state index is 8.59. The fraction of sp³-hybridized carbons (Fsp3) is 0.909. The summed E-state index contributed by atoms with van der Waals surface area (Å²) in [6, 6.07) is 1.74. The van der Waals surface area contributed by atoms with E-state index in [0.717, 1.165) is 12.5 Å². The van der Waals surface area contributed by atoms with Crippen molar-refractivity contribution < 1.29 is 0 Å². The van der Waals surface area contributed by atoms with Crippen molar-refractivity contribution in [1.29, 1.82) is 5.26 Å². The Labute approximate surface area is 86.9 Å². The second-order valence-electron chi connectivity index (χ2n) is 4.46. The third-order valence-corrected chi connectivity index (χ3v) is 2.97. The van der Waals surface area contributed by atoms with Gasteiger partial charge in [-0.3, -0.25) is 0 Å². The predicted octanol–water partition coefficient (Wildman–Crippen LogP) is 1.35. The SMILES string of the molecule is CN(CC(N)C#N)CC1CCCCC1. The third-order valence-electron chi connectivity index (χ3n) is 2.97. The summed E-state index contributed by atoms with van der Waals surface area (Å²) in [7, 11) is 2.06. The van der Waals surface area contributed by atoms with Gasteiger partial charge in [0.1, 0.15) is 6.04 Å². The molecule has 3 heteroatoms. The van der Waals surface area contributed by atoms with Gasteiger partial charge in [-0.1, -0.05) is 19.3 Å². The van der Waals surface area contributed by atoms with Gasteiger partial charge in [0.15, 0.2) is 0 Å². The second-order valence-corrected chi connectivity index (χ2v) is 4.46. The quantitative estimate of drug-likeness (QED) is 0.736. The summed E-state index contributed by atoms with van der Waals surface area (Å²) in [5.74, 6) is 0.833. The van der Waals surface area contributed by atoms with Crippen LogP contribution < -0.4 is 5.73 Å². The van der Waals surface area contributed by atoms with Crippen LogP contribution in [-0.4, -0.2) is 31.1 Å². The molecular formula is C11H21N3. The molecule has 14 heavy (non-hydrogen) atoms. The maximum atomic E-state index is 8.59. The van der Waals surface area contributed by atoms with Crippen LogP contribution in [0, 0.1) is 17.2 Å². The number of nitrogens with zero attached hydrogens (tertiary/aromatic N) is 2. The van der Waals surface area contributed by atoms with E-state index in [-0.39, 0.29) is 6.04 Å². The highest BCUT2D eigenvalue weighted by Crippen LogP contribution is 2.23. The van der Waals surface area contributed by atoms with Gasteiger partial charge >= 0.3 is 0 Å². The number of rotatable bonds is 4. The Bertz CT molecular complexity index is 191. The zero-order chi connectivity index (χ0) is 10.4. The van der Waals surface area contributed by atoms with Crippen LogP contribution in [0.15, 0.2) is 0 Å². The fourth-order valence-corrected chi connectivity index (χ4v) is 2.26. The van der Waals surface area contributed by atoms with Gasteiger partial charge < -0.3 is 10.6 Å². The number of likely N-dealkylation sites (N-methyl/N-ethyl adjacent to an activating group) is 1. The molecule has 0 aromatic carbocycles. The standard InChI is InChI=1S/C11H21N3/c1-14(9-11(13)7-12)8-10-5-3-2-4-6-10/h10-11H,2-6,8-9,13H2,1H3. The Hall–Kier alpha value is -0.590. The van der Waals surface area contributed by atoms with Crippen LogP contribution in [-0.2, 0) is 0 Å². The van der Waals surface area contributed by atoms with E-state index < -0.39 is 0 Å². The van der Waals surface area contributed by atoms with Crippen LogP contribution in [0.5, 0.6) is 0 Å². The smallest absolute Gasteiger partial charge is 0.106 e. The van der Waals surface area contributed by atoms with Gasteiger partial charge in [0.05, 0.1) is 6.07 Å². The van der Waals surface area contributed by atoms with Crippen molar-refractivity contribution >= 4 is 0 Å². The summed E-state index contributed by atoms with van der Waals surface area (Å²) in [5, 5.41) is 8.59. The molecule has 1 unspecified atom stereocenters. The zero-order valence-corrected chi connectivity index (χ0v) is 9.08. The van der Waals surface area contributed by atoms with Gasteiger partial charge in [0, 0.05) is 13.1 Å². The highest BCUT2D eigenvalue weighted by molar-refractivity contribution is 4.88. The lowest BCUT2D eigenvalue weighted by Crippen LogP contribution is -2.37. The van der Waals surface area contributed by atoms with Crippen molar-refractivity contribution in [3.63, 3.8) is 0 Å². The molecule has 0 spiro atoms. The van der Waals surface area contributed by atoms with Crippen molar-refractivity contribution in [2.24, 2.45) is 11.7 Å². The lowest BCUT2D eigenvalue weighted by atomic mass is 9.89. The molecule has 1 rings (SSSR count). The zero-order valence-electron chi connectivity index (χ0n) is 9.08. The molecule has 0 radical (unpaired) electrons.